The second kappa shape index (κ2) is 9.84. The van der Waals surface area contributed by atoms with E-state index >= 15 is 0 Å². The minimum atomic E-state index is -1.21. The molecule has 1 aliphatic rings. The van der Waals surface area contributed by atoms with E-state index in [-0.39, 0.29) is 19.6 Å². The maximum absolute atomic E-state index is 11.8. The van der Waals surface area contributed by atoms with Crippen LogP contribution in [0.5, 0.6) is 0 Å². The van der Waals surface area contributed by atoms with Crippen LogP contribution in [-0.2, 0) is 30.3 Å². The minimum Gasteiger partial charge on any atom is -0.445 e. The van der Waals surface area contributed by atoms with E-state index < -0.39 is 30.4 Å². The number of methoxy groups -OCH3 is 3. The number of aliphatic hydroxyl groups excluding tert-OH is 1. The average Bonchev–Trinajstić information content (AvgIpc) is 2.68. The molecule has 0 aromatic heterocycles. The summed E-state index contributed by atoms with van der Waals surface area (Å²) in [5, 5.41) is 13.2. The molecule has 26 heavy (non-hydrogen) atoms. The van der Waals surface area contributed by atoms with Crippen LogP contribution in [0.4, 0.5) is 4.79 Å². The zero-order valence-corrected chi connectivity index (χ0v) is 15.3. The van der Waals surface area contributed by atoms with Gasteiger partial charge in [0.15, 0.2) is 6.29 Å². The Balaban J connectivity index is 1.80. The Morgan fingerprint density at radius 1 is 1.27 bits per heavy atom. The number of aliphatic hydroxyl groups is 1. The van der Waals surface area contributed by atoms with Gasteiger partial charge in [0.25, 0.3) is 0 Å². The molecular formula is C18H27NO7. The molecule has 146 valence electrons. The Bertz CT molecular complexity index is 550. The molecule has 3 atom stereocenters. The van der Waals surface area contributed by atoms with Crippen molar-refractivity contribution >= 4 is 6.09 Å². The summed E-state index contributed by atoms with van der Waals surface area (Å²) >= 11 is 0. The molecule has 2 rings (SSSR count). The quantitative estimate of drug-likeness (QED) is 0.669. The van der Waals surface area contributed by atoms with E-state index in [0.29, 0.717) is 6.42 Å². The predicted octanol–water partition coefficient (Wildman–Crippen LogP) is 1.41. The predicted molar refractivity (Wildman–Crippen MR) is 92.3 cm³/mol. The van der Waals surface area contributed by atoms with Crippen molar-refractivity contribution in [1.82, 2.24) is 5.32 Å². The molecule has 1 fully saturated rings. The lowest BCUT2D eigenvalue weighted by Gasteiger charge is -2.45. The number of nitrogens with one attached hydrogen (secondary N) is 1. The SMILES string of the molecule is CO[C@H]1CC(OC)(OC)[C@H](O)[C@@H](CCNC(=O)OCc2ccccc2)O1. The maximum atomic E-state index is 11.8. The zero-order chi connectivity index (χ0) is 19.0. The highest BCUT2D eigenvalue weighted by atomic mass is 16.7. The van der Waals surface area contributed by atoms with E-state index in [2.05, 4.69) is 5.32 Å². The van der Waals surface area contributed by atoms with E-state index in [1.54, 1.807) is 0 Å². The molecule has 8 nitrogen and oxygen atoms in total. The number of rotatable bonds is 8. The third kappa shape index (κ3) is 5.15. The maximum Gasteiger partial charge on any atom is 0.407 e. The number of ether oxygens (including phenoxy) is 5. The van der Waals surface area contributed by atoms with Crippen molar-refractivity contribution in [2.24, 2.45) is 0 Å². The van der Waals surface area contributed by atoms with Crippen LogP contribution >= 0.6 is 0 Å². The molecule has 0 spiro atoms. The summed E-state index contributed by atoms with van der Waals surface area (Å²) in [5.74, 6) is -1.21. The second-order valence-electron chi connectivity index (χ2n) is 5.99. The fourth-order valence-corrected chi connectivity index (χ4v) is 2.90. The first kappa shape index (κ1) is 20.6. The van der Waals surface area contributed by atoms with Gasteiger partial charge in [-0.3, -0.25) is 0 Å². The lowest BCUT2D eigenvalue weighted by molar-refractivity contribution is -0.352. The summed E-state index contributed by atoms with van der Waals surface area (Å²) in [7, 11) is 4.43. The molecule has 0 radical (unpaired) electrons. The monoisotopic (exact) mass is 369 g/mol. The molecule has 0 unspecified atom stereocenters. The molecule has 1 aromatic rings. The van der Waals surface area contributed by atoms with Crippen LogP contribution in [0.3, 0.4) is 0 Å². The normalized spacial score (nSPS) is 24.8. The van der Waals surface area contributed by atoms with Crippen LogP contribution in [0.1, 0.15) is 18.4 Å². The van der Waals surface area contributed by atoms with Gasteiger partial charge in [-0.2, -0.15) is 0 Å². The summed E-state index contributed by atoms with van der Waals surface area (Å²) in [6, 6.07) is 9.40. The topological polar surface area (TPSA) is 95.5 Å². The molecule has 0 aliphatic carbocycles. The Kier molecular flexibility index (Phi) is 7.80. The van der Waals surface area contributed by atoms with Gasteiger partial charge < -0.3 is 34.1 Å². The summed E-state index contributed by atoms with van der Waals surface area (Å²) < 4.78 is 26.8. The molecule has 1 aromatic carbocycles. The Morgan fingerprint density at radius 2 is 1.96 bits per heavy atom. The third-order valence-corrected chi connectivity index (χ3v) is 4.45. The van der Waals surface area contributed by atoms with Crippen molar-refractivity contribution in [3.63, 3.8) is 0 Å². The van der Waals surface area contributed by atoms with Crippen LogP contribution in [0.2, 0.25) is 0 Å². The first-order valence-electron chi connectivity index (χ1n) is 8.46. The highest BCUT2D eigenvalue weighted by Gasteiger charge is 2.50. The molecule has 0 saturated carbocycles. The standard InChI is InChI=1S/C18H27NO7/c1-22-15-11-18(23-2,24-3)16(20)14(26-15)9-10-19-17(21)25-12-13-7-5-4-6-8-13/h4-8,14-16,20H,9-12H2,1-3H3,(H,19,21)/t14-,15-,16-/m1/s1. The van der Waals surface area contributed by atoms with Crippen LogP contribution in [0.15, 0.2) is 30.3 Å². The van der Waals surface area contributed by atoms with Gasteiger partial charge in [-0.25, -0.2) is 4.79 Å². The van der Waals surface area contributed by atoms with E-state index in [0.717, 1.165) is 5.56 Å². The first-order chi connectivity index (χ1) is 12.5. The number of hydrogen-bond acceptors (Lipinski definition) is 7. The number of benzene rings is 1. The molecule has 0 bridgehead atoms. The number of carbonyl (C=O) groups excluding carboxylic acids is 1. The van der Waals surface area contributed by atoms with Gasteiger partial charge in [0.05, 0.1) is 12.5 Å². The molecule has 1 amide bonds. The van der Waals surface area contributed by atoms with Gasteiger partial charge in [-0.05, 0) is 12.0 Å². The summed E-state index contributed by atoms with van der Waals surface area (Å²) in [5.41, 5.74) is 0.904. The van der Waals surface area contributed by atoms with Crippen molar-refractivity contribution in [3.8, 4) is 0 Å². The van der Waals surface area contributed by atoms with Crippen molar-refractivity contribution in [2.45, 2.75) is 43.7 Å². The summed E-state index contributed by atoms with van der Waals surface area (Å²) in [6.07, 6.45) is -2.18. The Labute approximate surface area is 153 Å². The lowest BCUT2D eigenvalue weighted by atomic mass is 9.95. The van der Waals surface area contributed by atoms with Crippen molar-refractivity contribution in [2.75, 3.05) is 27.9 Å². The van der Waals surface area contributed by atoms with Gasteiger partial charge in [-0.1, -0.05) is 30.3 Å². The van der Waals surface area contributed by atoms with Crippen LogP contribution in [0.25, 0.3) is 0 Å². The van der Waals surface area contributed by atoms with Gasteiger partial charge in [0, 0.05) is 27.9 Å². The minimum absolute atomic E-state index is 0.192. The molecule has 1 saturated heterocycles. The number of carbonyl (C=O) groups is 1. The van der Waals surface area contributed by atoms with E-state index in [1.807, 2.05) is 30.3 Å². The summed E-state index contributed by atoms with van der Waals surface area (Å²) in [6.45, 7) is 0.451. The fraction of sp³-hybridized carbons (Fsp3) is 0.611. The zero-order valence-electron chi connectivity index (χ0n) is 15.3. The molecule has 1 aliphatic heterocycles. The number of alkyl carbamates (subject to hydrolysis) is 1. The van der Waals surface area contributed by atoms with Crippen LogP contribution in [0, 0.1) is 0 Å². The van der Waals surface area contributed by atoms with Gasteiger partial charge in [0.1, 0.15) is 12.7 Å². The van der Waals surface area contributed by atoms with E-state index in [1.165, 1.54) is 21.3 Å². The lowest BCUT2D eigenvalue weighted by Crippen LogP contribution is -2.60. The first-order valence-corrected chi connectivity index (χ1v) is 8.46. The molecular weight excluding hydrogens is 342 g/mol. The second-order valence-corrected chi connectivity index (χ2v) is 5.99. The highest BCUT2D eigenvalue weighted by molar-refractivity contribution is 5.67. The van der Waals surface area contributed by atoms with Crippen LogP contribution in [-0.4, -0.2) is 63.4 Å². The largest absolute Gasteiger partial charge is 0.445 e. The van der Waals surface area contributed by atoms with Crippen LogP contribution < -0.4 is 5.32 Å². The number of amides is 1. The Hall–Kier alpha value is -1.71. The summed E-state index contributed by atoms with van der Waals surface area (Å²) in [4.78, 5) is 11.8. The number of hydrogen-bond donors (Lipinski definition) is 2. The average molecular weight is 369 g/mol. The molecule has 1 heterocycles. The molecule has 2 N–H and O–H groups in total. The van der Waals surface area contributed by atoms with Gasteiger partial charge in [-0.15, -0.1) is 0 Å². The fourth-order valence-electron chi connectivity index (χ4n) is 2.90. The third-order valence-electron chi connectivity index (χ3n) is 4.45. The van der Waals surface area contributed by atoms with E-state index in [4.69, 9.17) is 23.7 Å². The van der Waals surface area contributed by atoms with Crippen molar-refractivity contribution in [3.05, 3.63) is 35.9 Å². The van der Waals surface area contributed by atoms with Crippen molar-refractivity contribution < 1.29 is 33.6 Å². The van der Waals surface area contributed by atoms with Crippen molar-refractivity contribution in [1.29, 1.82) is 0 Å². The Morgan fingerprint density at radius 3 is 2.58 bits per heavy atom. The van der Waals surface area contributed by atoms with Gasteiger partial charge >= 0.3 is 6.09 Å². The highest BCUT2D eigenvalue weighted by Crippen LogP contribution is 2.34. The smallest absolute Gasteiger partial charge is 0.407 e. The van der Waals surface area contributed by atoms with Gasteiger partial charge in [0.2, 0.25) is 5.79 Å². The van der Waals surface area contributed by atoms with E-state index in [9.17, 15) is 9.90 Å². The molecule has 8 heteroatoms.